The van der Waals surface area contributed by atoms with Gasteiger partial charge < -0.3 is 0 Å². The van der Waals surface area contributed by atoms with Gasteiger partial charge in [-0.2, -0.15) is 8.42 Å². The lowest BCUT2D eigenvalue weighted by molar-refractivity contribution is 0.483. The summed E-state index contributed by atoms with van der Waals surface area (Å²) >= 11 is 0. The molecule has 0 radical (unpaired) electrons. The van der Waals surface area contributed by atoms with Crippen molar-refractivity contribution >= 4 is 10.1 Å². The van der Waals surface area contributed by atoms with Crippen molar-refractivity contribution in [2.24, 2.45) is 0 Å². The molecule has 3 nitrogen and oxygen atoms in total. The summed E-state index contributed by atoms with van der Waals surface area (Å²) in [5.41, 5.74) is 4.91. The maximum atomic E-state index is 11.9. The first-order valence-electron chi connectivity index (χ1n) is 8.78. The largest absolute Gasteiger partial charge is 0.295 e. The standard InChI is InChI=1S/C21H28O3S/c1-14(2)7-6-8-16(5)20-13-21(25(22,23)24)19-12-10-17(15(3)4)9-11-18(19)20/h7,9-13,15-16H,6,8H2,1-5H3,(H,22,23,24). The highest BCUT2D eigenvalue weighted by atomic mass is 32.2. The summed E-state index contributed by atoms with van der Waals surface area (Å²) in [4.78, 5) is 0.0115. The summed E-state index contributed by atoms with van der Waals surface area (Å²) in [5.74, 6) is 0.558. The molecular weight excluding hydrogens is 332 g/mol. The lowest BCUT2D eigenvalue weighted by Gasteiger charge is -2.11. The van der Waals surface area contributed by atoms with Crippen LogP contribution in [0.15, 0.2) is 46.9 Å². The van der Waals surface area contributed by atoms with Crippen LogP contribution in [0.1, 0.15) is 70.4 Å². The molecule has 0 bridgehead atoms. The summed E-state index contributed by atoms with van der Waals surface area (Å²) in [6.07, 6.45) is 4.08. The van der Waals surface area contributed by atoms with Crippen molar-refractivity contribution in [2.45, 2.75) is 64.2 Å². The van der Waals surface area contributed by atoms with E-state index >= 15 is 0 Å². The van der Waals surface area contributed by atoms with Crippen LogP contribution in [0.25, 0.3) is 11.1 Å². The van der Waals surface area contributed by atoms with Crippen molar-refractivity contribution in [3.63, 3.8) is 0 Å². The SMILES string of the molecule is CC(C)=CCCC(C)c1cc(S(=O)(=O)O)c2ccc(C(C)C)ccc1-2. The van der Waals surface area contributed by atoms with Gasteiger partial charge >= 0.3 is 0 Å². The molecule has 136 valence electrons. The number of hydrogen-bond acceptors (Lipinski definition) is 2. The van der Waals surface area contributed by atoms with Gasteiger partial charge in [0, 0.05) is 5.56 Å². The van der Waals surface area contributed by atoms with Crippen LogP contribution in [-0.2, 0) is 10.1 Å². The minimum absolute atomic E-state index is 0.0115. The average Bonchev–Trinajstić information content (AvgIpc) is 2.72. The quantitative estimate of drug-likeness (QED) is 0.507. The molecule has 2 rings (SSSR count). The molecule has 2 aliphatic carbocycles. The molecule has 2 aliphatic rings. The van der Waals surface area contributed by atoms with E-state index in [0.29, 0.717) is 11.5 Å². The Morgan fingerprint density at radius 2 is 1.68 bits per heavy atom. The summed E-state index contributed by atoms with van der Waals surface area (Å²) in [6.45, 7) is 10.5. The molecule has 0 spiro atoms. The van der Waals surface area contributed by atoms with Crippen LogP contribution in [0.3, 0.4) is 0 Å². The molecule has 1 N–H and O–H groups in total. The Morgan fingerprint density at radius 1 is 1.08 bits per heavy atom. The Labute approximate surface area is 151 Å². The molecule has 4 heteroatoms. The van der Waals surface area contributed by atoms with E-state index < -0.39 is 10.1 Å². The third-order valence-electron chi connectivity index (χ3n) is 4.67. The van der Waals surface area contributed by atoms with Crippen molar-refractivity contribution in [3.8, 4) is 11.1 Å². The van der Waals surface area contributed by atoms with Gasteiger partial charge in [0.1, 0.15) is 4.90 Å². The molecule has 1 unspecified atom stereocenters. The molecular formula is C21H28O3S. The van der Waals surface area contributed by atoms with E-state index in [2.05, 4.69) is 40.7 Å². The van der Waals surface area contributed by atoms with Crippen molar-refractivity contribution in [3.05, 3.63) is 53.1 Å². The topological polar surface area (TPSA) is 54.4 Å². The lowest BCUT2D eigenvalue weighted by atomic mass is 9.94. The Hall–Kier alpha value is -1.65. The number of hydrogen-bond donors (Lipinski definition) is 1. The summed E-state index contributed by atoms with van der Waals surface area (Å²) in [6, 6.07) is 9.45. The van der Waals surface area contributed by atoms with Gasteiger partial charge in [-0.25, -0.2) is 0 Å². The van der Waals surface area contributed by atoms with E-state index in [1.54, 1.807) is 6.07 Å². The third-order valence-corrected chi connectivity index (χ3v) is 5.56. The van der Waals surface area contributed by atoms with Gasteiger partial charge in [0.2, 0.25) is 0 Å². The minimum Gasteiger partial charge on any atom is -0.282 e. The fraction of sp³-hybridized carbons (Fsp3) is 0.429. The smallest absolute Gasteiger partial charge is 0.282 e. The molecule has 0 aromatic rings. The van der Waals surface area contributed by atoms with E-state index in [9.17, 15) is 13.0 Å². The zero-order valence-electron chi connectivity index (χ0n) is 15.7. The fourth-order valence-electron chi connectivity index (χ4n) is 3.14. The Balaban J connectivity index is 2.55. The summed E-state index contributed by atoms with van der Waals surface area (Å²) in [5, 5.41) is 0. The Morgan fingerprint density at radius 3 is 2.20 bits per heavy atom. The monoisotopic (exact) mass is 360 g/mol. The van der Waals surface area contributed by atoms with Gasteiger partial charge in [-0.15, -0.1) is 0 Å². The van der Waals surface area contributed by atoms with Gasteiger partial charge in [0.05, 0.1) is 0 Å². The molecule has 0 amide bonds. The maximum absolute atomic E-state index is 11.9. The van der Waals surface area contributed by atoms with Crippen LogP contribution < -0.4 is 0 Å². The number of rotatable bonds is 6. The van der Waals surface area contributed by atoms with Crippen molar-refractivity contribution < 1.29 is 13.0 Å². The van der Waals surface area contributed by atoms with Crippen molar-refractivity contribution in [2.75, 3.05) is 0 Å². The van der Waals surface area contributed by atoms with Crippen LogP contribution in [0.5, 0.6) is 0 Å². The Bertz CT molecular complexity index is 844. The second kappa shape index (κ2) is 7.71. The highest BCUT2D eigenvalue weighted by molar-refractivity contribution is 7.86. The highest BCUT2D eigenvalue weighted by Crippen LogP contribution is 2.40. The predicted octanol–water partition coefficient (Wildman–Crippen LogP) is 6.01. The molecule has 1 atom stereocenters. The number of allylic oxidation sites excluding steroid dienone is 2. The highest BCUT2D eigenvalue weighted by Gasteiger charge is 2.25. The third kappa shape index (κ3) is 4.71. The maximum Gasteiger partial charge on any atom is 0.295 e. The van der Waals surface area contributed by atoms with Crippen molar-refractivity contribution in [1.29, 1.82) is 0 Å². The molecule has 0 aromatic heterocycles. The van der Waals surface area contributed by atoms with Crippen LogP contribution in [0.4, 0.5) is 0 Å². The molecule has 0 heterocycles. The van der Waals surface area contributed by atoms with Crippen LogP contribution >= 0.6 is 0 Å². The van der Waals surface area contributed by atoms with Gasteiger partial charge in [-0.05, 0) is 61.3 Å². The van der Waals surface area contributed by atoms with Gasteiger partial charge in [-0.1, -0.05) is 56.7 Å². The van der Waals surface area contributed by atoms with E-state index in [4.69, 9.17) is 0 Å². The van der Waals surface area contributed by atoms with E-state index in [1.165, 1.54) is 5.57 Å². The molecule has 0 saturated heterocycles. The molecule has 0 saturated carbocycles. The molecule has 0 aromatic carbocycles. The van der Waals surface area contributed by atoms with Crippen LogP contribution in [-0.4, -0.2) is 13.0 Å². The van der Waals surface area contributed by atoms with Crippen molar-refractivity contribution in [1.82, 2.24) is 0 Å². The fourth-order valence-corrected chi connectivity index (χ4v) is 3.87. The summed E-state index contributed by atoms with van der Waals surface area (Å²) < 4.78 is 33.4. The van der Waals surface area contributed by atoms with Crippen LogP contribution in [0.2, 0.25) is 0 Å². The first-order chi connectivity index (χ1) is 11.6. The van der Waals surface area contributed by atoms with E-state index in [-0.39, 0.29) is 10.8 Å². The summed E-state index contributed by atoms with van der Waals surface area (Å²) in [7, 11) is -4.25. The van der Waals surface area contributed by atoms with Gasteiger partial charge in [0.15, 0.2) is 0 Å². The Kier molecular flexibility index (Phi) is 6.07. The average molecular weight is 361 g/mol. The first-order valence-corrected chi connectivity index (χ1v) is 10.2. The zero-order valence-corrected chi connectivity index (χ0v) is 16.5. The molecule has 25 heavy (non-hydrogen) atoms. The minimum atomic E-state index is -4.25. The normalized spacial score (nSPS) is 13.2. The molecule has 0 aliphatic heterocycles. The van der Waals surface area contributed by atoms with Crippen LogP contribution in [0, 0.1) is 0 Å². The lowest BCUT2D eigenvalue weighted by Crippen LogP contribution is -1.96. The van der Waals surface area contributed by atoms with Gasteiger partial charge in [-0.3, -0.25) is 4.55 Å². The second-order valence-electron chi connectivity index (χ2n) is 7.35. The second-order valence-corrected chi connectivity index (χ2v) is 8.74. The predicted molar refractivity (Wildman–Crippen MR) is 104 cm³/mol. The molecule has 0 fully saturated rings. The number of fused-ring (bicyclic) bond motifs is 1. The zero-order chi connectivity index (χ0) is 18.8. The van der Waals surface area contributed by atoms with E-state index in [1.807, 2.05) is 24.3 Å². The first kappa shape index (κ1) is 19.7. The van der Waals surface area contributed by atoms with E-state index in [0.717, 1.165) is 29.5 Å². The van der Waals surface area contributed by atoms with Gasteiger partial charge in [0.25, 0.3) is 10.1 Å².